The molecule has 1 N–H and O–H groups in total. The van der Waals surface area contributed by atoms with Gasteiger partial charge in [-0.3, -0.25) is 14.7 Å². The molecular formula is C25H24N2O4. The second-order valence-electron chi connectivity index (χ2n) is 8.10. The first kappa shape index (κ1) is 19.6. The number of pyridine rings is 1. The molecule has 0 unspecified atom stereocenters. The molecule has 0 bridgehead atoms. The van der Waals surface area contributed by atoms with Crippen LogP contribution in [0.25, 0.3) is 6.08 Å². The number of aromatic hydroxyl groups is 1. The Labute approximate surface area is 180 Å². The second kappa shape index (κ2) is 8.04. The van der Waals surface area contributed by atoms with Gasteiger partial charge in [0.05, 0.1) is 11.1 Å². The number of aryl methyl sites for hydroxylation is 1. The fraction of sp³-hybridized carbons (Fsp3) is 0.280. The largest absolute Gasteiger partial charge is 0.507 e. The van der Waals surface area contributed by atoms with Crippen molar-refractivity contribution in [3.8, 4) is 11.5 Å². The molecular weight excluding hydrogens is 392 g/mol. The third-order valence-electron chi connectivity index (χ3n) is 5.99. The van der Waals surface area contributed by atoms with Gasteiger partial charge in [-0.25, -0.2) is 0 Å². The summed E-state index contributed by atoms with van der Waals surface area (Å²) in [4.78, 5) is 19.5. The summed E-state index contributed by atoms with van der Waals surface area (Å²) in [6, 6.07) is 11.1. The third-order valence-corrected chi connectivity index (χ3v) is 5.99. The van der Waals surface area contributed by atoms with E-state index in [1.54, 1.807) is 30.5 Å². The van der Waals surface area contributed by atoms with Gasteiger partial charge >= 0.3 is 0 Å². The van der Waals surface area contributed by atoms with Gasteiger partial charge in [0, 0.05) is 31.1 Å². The van der Waals surface area contributed by atoms with E-state index in [1.165, 1.54) is 5.56 Å². The van der Waals surface area contributed by atoms with Crippen LogP contribution in [0.1, 0.15) is 58.3 Å². The molecule has 1 atom stereocenters. The first-order chi connectivity index (χ1) is 15.1. The highest BCUT2D eigenvalue weighted by Gasteiger charge is 2.33. The summed E-state index contributed by atoms with van der Waals surface area (Å²) >= 11 is 0. The molecule has 0 amide bonds. The summed E-state index contributed by atoms with van der Waals surface area (Å²) in [5, 5.41) is 10.7. The van der Waals surface area contributed by atoms with E-state index in [1.807, 2.05) is 25.3 Å². The number of fused-ring (bicyclic) bond motifs is 1. The van der Waals surface area contributed by atoms with E-state index in [0.29, 0.717) is 29.2 Å². The van der Waals surface area contributed by atoms with Crippen molar-refractivity contribution in [1.82, 2.24) is 9.88 Å². The van der Waals surface area contributed by atoms with Gasteiger partial charge in [-0.15, -0.1) is 0 Å². The lowest BCUT2D eigenvalue weighted by Crippen LogP contribution is -2.33. The van der Waals surface area contributed by atoms with Gasteiger partial charge in [0.25, 0.3) is 0 Å². The minimum atomic E-state index is -0.201. The number of furan rings is 1. The maximum absolute atomic E-state index is 12.9. The number of allylic oxidation sites excluding steroid dienone is 1. The van der Waals surface area contributed by atoms with E-state index in [2.05, 4.69) is 16.0 Å². The lowest BCUT2D eigenvalue weighted by Gasteiger charge is -2.36. The van der Waals surface area contributed by atoms with Gasteiger partial charge in [-0.2, -0.15) is 0 Å². The highest BCUT2D eigenvalue weighted by atomic mass is 16.5. The average molecular weight is 416 g/mol. The van der Waals surface area contributed by atoms with Crippen LogP contribution in [0.2, 0.25) is 0 Å². The van der Waals surface area contributed by atoms with E-state index in [0.717, 1.165) is 31.6 Å². The number of phenols is 1. The number of ketones is 1. The van der Waals surface area contributed by atoms with E-state index < -0.39 is 0 Å². The van der Waals surface area contributed by atoms with Gasteiger partial charge < -0.3 is 14.3 Å². The van der Waals surface area contributed by atoms with Crippen molar-refractivity contribution in [2.24, 2.45) is 0 Å². The monoisotopic (exact) mass is 416 g/mol. The Kier molecular flexibility index (Phi) is 5.08. The number of nitrogens with zero attached hydrogens (tertiary/aromatic N) is 2. The SMILES string of the molecule is Cc1ccc(/C=C2\Oc3c(ccc(O)c3CN3CCCC[C@H]3c3cccnc3)C2=O)o1. The lowest BCUT2D eigenvalue weighted by atomic mass is 9.95. The van der Waals surface area contributed by atoms with Crippen LogP contribution >= 0.6 is 0 Å². The number of Topliss-reactive ketones (excluding diaryl/α,β-unsaturated/α-hetero) is 1. The number of carbonyl (C=O) groups is 1. The Morgan fingerprint density at radius 1 is 1.23 bits per heavy atom. The number of carbonyl (C=O) groups excluding carboxylic acids is 1. The second-order valence-corrected chi connectivity index (χ2v) is 8.10. The van der Waals surface area contributed by atoms with Crippen molar-refractivity contribution in [3.05, 3.63) is 82.8 Å². The summed E-state index contributed by atoms with van der Waals surface area (Å²) in [5.41, 5.74) is 2.28. The van der Waals surface area contributed by atoms with E-state index in [9.17, 15) is 9.90 Å². The molecule has 6 heteroatoms. The zero-order valence-electron chi connectivity index (χ0n) is 17.4. The predicted molar refractivity (Wildman–Crippen MR) is 116 cm³/mol. The van der Waals surface area contributed by atoms with E-state index in [4.69, 9.17) is 9.15 Å². The van der Waals surface area contributed by atoms with Gasteiger partial charge in [0.15, 0.2) is 5.76 Å². The zero-order valence-corrected chi connectivity index (χ0v) is 17.4. The van der Waals surface area contributed by atoms with Crippen LogP contribution in [-0.4, -0.2) is 27.3 Å². The van der Waals surface area contributed by atoms with Crippen LogP contribution in [-0.2, 0) is 6.54 Å². The van der Waals surface area contributed by atoms with E-state index in [-0.39, 0.29) is 23.3 Å². The van der Waals surface area contributed by atoms with Crippen molar-refractivity contribution >= 4 is 11.9 Å². The van der Waals surface area contributed by atoms with E-state index >= 15 is 0 Å². The topological polar surface area (TPSA) is 75.8 Å². The molecule has 2 aromatic heterocycles. The Morgan fingerprint density at radius 3 is 2.90 bits per heavy atom. The Bertz CT molecular complexity index is 1150. The summed E-state index contributed by atoms with van der Waals surface area (Å²) < 4.78 is 11.5. The Hall–Kier alpha value is -3.38. The highest BCUT2D eigenvalue weighted by Crippen LogP contribution is 2.42. The van der Waals surface area contributed by atoms with Crippen LogP contribution in [0.15, 0.2) is 59.0 Å². The number of likely N-dealkylation sites (tertiary alicyclic amines) is 1. The number of aromatic nitrogens is 1. The summed E-state index contributed by atoms with van der Waals surface area (Å²) in [5.74, 6) is 1.91. The molecule has 0 spiro atoms. The van der Waals surface area contributed by atoms with Crippen molar-refractivity contribution in [1.29, 1.82) is 0 Å². The van der Waals surface area contributed by atoms with Crippen molar-refractivity contribution in [3.63, 3.8) is 0 Å². The molecule has 0 aliphatic carbocycles. The fourth-order valence-corrected chi connectivity index (χ4v) is 4.44. The molecule has 2 aliphatic heterocycles. The number of ether oxygens (including phenoxy) is 1. The first-order valence-corrected chi connectivity index (χ1v) is 10.6. The summed E-state index contributed by atoms with van der Waals surface area (Å²) in [6.45, 7) is 3.25. The molecule has 2 aliphatic rings. The van der Waals surface area contributed by atoms with Crippen molar-refractivity contribution in [2.75, 3.05) is 6.54 Å². The average Bonchev–Trinajstić information content (AvgIpc) is 3.34. The fourth-order valence-electron chi connectivity index (χ4n) is 4.44. The maximum Gasteiger partial charge on any atom is 0.232 e. The van der Waals surface area contributed by atoms with Crippen LogP contribution in [0.3, 0.4) is 0 Å². The minimum Gasteiger partial charge on any atom is -0.507 e. The molecule has 1 saturated heterocycles. The smallest absolute Gasteiger partial charge is 0.232 e. The number of hydrogen-bond acceptors (Lipinski definition) is 6. The molecule has 3 aromatic rings. The van der Waals surface area contributed by atoms with Crippen LogP contribution in [0.4, 0.5) is 0 Å². The number of hydrogen-bond donors (Lipinski definition) is 1. The molecule has 0 saturated carbocycles. The standard InChI is InChI=1S/C25H24N2O4/c1-16-7-8-18(30-16)13-23-24(29)19-9-10-22(28)20(25(19)31-23)15-27-12-3-2-6-21(27)17-5-4-11-26-14-17/h4-5,7-11,13-14,21,28H,2-3,6,12,15H2,1H3/b23-13-/t21-/m0/s1. The third kappa shape index (κ3) is 3.75. The molecule has 158 valence electrons. The molecule has 4 heterocycles. The van der Waals surface area contributed by atoms with Gasteiger partial charge in [0.1, 0.15) is 23.0 Å². The summed E-state index contributed by atoms with van der Waals surface area (Å²) in [7, 11) is 0. The number of rotatable bonds is 4. The Balaban J connectivity index is 1.47. The van der Waals surface area contributed by atoms with Crippen molar-refractivity contribution < 1.29 is 19.1 Å². The van der Waals surface area contributed by atoms with Crippen molar-refractivity contribution in [2.45, 2.75) is 38.8 Å². The number of benzene rings is 1. The predicted octanol–water partition coefficient (Wildman–Crippen LogP) is 5.03. The van der Waals surface area contributed by atoms with Crippen LogP contribution in [0, 0.1) is 6.92 Å². The van der Waals surface area contributed by atoms with Gasteiger partial charge in [-0.05, 0) is 62.2 Å². The van der Waals surface area contributed by atoms with Gasteiger partial charge in [0.2, 0.25) is 5.78 Å². The molecule has 1 fully saturated rings. The maximum atomic E-state index is 12.9. The number of piperidine rings is 1. The Morgan fingerprint density at radius 2 is 2.13 bits per heavy atom. The first-order valence-electron chi connectivity index (χ1n) is 10.6. The molecule has 5 rings (SSSR count). The quantitative estimate of drug-likeness (QED) is 0.601. The zero-order chi connectivity index (χ0) is 21.4. The van der Waals surface area contributed by atoms with Gasteiger partial charge in [-0.1, -0.05) is 12.5 Å². The molecule has 6 nitrogen and oxygen atoms in total. The molecule has 31 heavy (non-hydrogen) atoms. The minimum absolute atomic E-state index is 0.136. The normalized spacial score (nSPS) is 20.1. The van der Waals surface area contributed by atoms with Crippen LogP contribution in [0.5, 0.6) is 11.5 Å². The summed E-state index contributed by atoms with van der Waals surface area (Å²) in [6.07, 6.45) is 8.57. The lowest BCUT2D eigenvalue weighted by molar-refractivity contribution is 0.101. The molecule has 0 radical (unpaired) electrons. The van der Waals surface area contributed by atoms with Crippen LogP contribution < -0.4 is 4.74 Å². The highest BCUT2D eigenvalue weighted by molar-refractivity contribution is 6.14. The number of phenolic OH excluding ortho intramolecular Hbond substituents is 1. The molecule has 1 aromatic carbocycles.